The number of hydrogen-bond acceptors (Lipinski definition) is 4. The van der Waals surface area contributed by atoms with E-state index in [0.717, 1.165) is 17.8 Å². The molecule has 3 rings (SSSR count). The van der Waals surface area contributed by atoms with Crippen molar-refractivity contribution in [1.82, 2.24) is 4.98 Å². The third-order valence-corrected chi connectivity index (χ3v) is 3.64. The van der Waals surface area contributed by atoms with Crippen LogP contribution in [0, 0.1) is 17.5 Å². The van der Waals surface area contributed by atoms with Crippen molar-refractivity contribution in [3.8, 4) is 5.75 Å². The van der Waals surface area contributed by atoms with Gasteiger partial charge in [-0.2, -0.15) is 0 Å². The number of nitrogens with one attached hydrogen (secondary N) is 2. The average molecular weight is 373 g/mol. The lowest BCUT2D eigenvalue weighted by atomic mass is 10.2. The third kappa shape index (κ3) is 4.17. The van der Waals surface area contributed by atoms with Crippen LogP contribution in [0.4, 0.5) is 30.2 Å². The number of ether oxygens (including phenoxy) is 1. The van der Waals surface area contributed by atoms with Crippen LogP contribution in [-0.4, -0.2) is 18.0 Å². The Kier molecular flexibility index (Phi) is 5.25. The Morgan fingerprint density at radius 1 is 1.00 bits per heavy atom. The molecule has 5 nitrogen and oxygen atoms in total. The number of carbonyl (C=O) groups is 1. The molecule has 0 atom stereocenters. The molecule has 0 saturated carbocycles. The first-order chi connectivity index (χ1) is 13.0. The highest BCUT2D eigenvalue weighted by Gasteiger charge is 2.16. The molecular weight excluding hydrogens is 359 g/mol. The molecule has 0 bridgehead atoms. The fraction of sp³-hybridized carbons (Fsp3) is 0.0526. The number of anilines is 3. The second kappa shape index (κ2) is 7.77. The van der Waals surface area contributed by atoms with Gasteiger partial charge in [-0.25, -0.2) is 18.2 Å². The van der Waals surface area contributed by atoms with Crippen molar-refractivity contribution in [2.45, 2.75) is 0 Å². The molecule has 1 amide bonds. The average Bonchev–Trinajstić information content (AvgIpc) is 2.69. The van der Waals surface area contributed by atoms with Gasteiger partial charge in [0, 0.05) is 11.8 Å². The number of carbonyl (C=O) groups excluding carboxylic acids is 1. The highest BCUT2D eigenvalue weighted by Crippen LogP contribution is 2.22. The first-order valence-corrected chi connectivity index (χ1v) is 7.80. The van der Waals surface area contributed by atoms with Crippen molar-refractivity contribution in [3.63, 3.8) is 0 Å². The minimum atomic E-state index is -1.65. The topological polar surface area (TPSA) is 63.2 Å². The molecule has 2 N–H and O–H groups in total. The summed E-state index contributed by atoms with van der Waals surface area (Å²) in [5, 5.41) is 5.25. The van der Waals surface area contributed by atoms with Crippen LogP contribution in [0.1, 0.15) is 10.5 Å². The van der Waals surface area contributed by atoms with Crippen molar-refractivity contribution >= 4 is 23.0 Å². The second-order valence-corrected chi connectivity index (χ2v) is 5.47. The van der Waals surface area contributed by atoms with Gasteiger partial charge < -0.3 is 15.4 Å². The van der Waals surface area contributed by atoms with Crippen LogP contribution in [0.5, 0.6) is 5.75 Å². The molecule has 0 aliphatic heterocycles. The van der Waals surface area contributed by atoms with Gasteiger partial charge in [-0.15, -0.1) is 0 Å². The highest BCUT2D eigenvalue weighted by atomic mass is 19.2. The second-order valence-electron chi connectivity index (χ2n) is 5.47. The van der Waals surface area contributed by atoms with E-state index in [1.165, 1.54) is 12.3 Å². The molecule has 27 heavy (non-hydrogen) atoms. The van der Waals surface area contributed by atoms with E-state index < -0.39 is 29.0 Å². The number of nitrogens with zero attached hydrogens (tertiary/aromatic N) is 1. The molecule has 0 saturated heterocycles. The minimum Gasteiger partial charge on any atom is -0.497 e. The monoisotopic (exact) mass is 373 g/mol. The number of hydrogen-bond donors (Lipinski definition) is 2. The maximum Gasteiger partial charge on any atom is 0.274 e. The number of amides is 1. The van der Waals surface area contributed by atoms with E-state index in [1.807, 2.05) is 12.1 Å². The predicted octanol–water partition coefficient (Wildman–Crippen LogP) is 4.50. The van der Waals surface area contributed by atoms with E-state index in [2.05, 4.69) is 15.6 Å². The summed E-state index contributed by atoms with van der Waals surface area (Å²) in [5.74, 6) is -4.54. The lowest BCUT2D eigenvalue weighted by Crippen LogP contribution is -2.15. The summed E-state index contributed by atoms with van der Waals surface area (Å²) in [6, 6.07) is 11.9. The van der Waals surface area contributed by atoms with Gasteiger partial charge in [-0.1, -0.05) is 6.07 Å². The summed E-state index contributed by atoms with van der Waals surface area (Å²) in [5.41, 5.74) is 0.880. The molecule has 0 aliphatic carbocycles. The Bertz CT molecular complexity index is 978. The summed E-state index contributed by atoms with van der Waals surface area (Å²) < 4.78 is 44.9. The maximum absolute atomic E-state index is 13.6. The zero-order valence-electron chi connectivity index (χ0n) is 14.1. The fourth-order valence-electron chi connectivity index (χ4n) is 2.28. The Balaban J connectivity index is 1.71. The molecule has 0 unspecified atom stereocenters. The van der Waals surface area contributed by atoms with E-state index in [-0.39, 0.29) is 5.69 Å². The SMILES string of the molecule is COc1cccc(Nc2ccc(C(=O)Nc3ccc(F)c(F)c3F)nc2)c1. The van der Waals surface area contributed by atoms with Gasteiger partial charge in [0.1, 0.15) is 11.4 Å². The molecular formula is C19H14F3N3O2. The highest BCUT2D eigenvalue weighted by molar-refractivity contribution is 6.03. The van der Waals surface area contributed by atoms with Gasteiger partial charge in [0.15, 0.2) is 17.5 Å². The van der Waals surface area contributed by atoms with Gasteiger partial charge in [0.2, 0.25) is 0 Å². The number of pyridine rings is 1. The normalized spacial score (nSPS) is 10.4. The Morgan fingerprint density at radius 2 is 1.81 bits per heavy atom. The molecule has 3 aromatic rings. The molecule has 0 radical (unpaired) electrons. The van der Waals surface area contributed by atoms with E-state index in [9.17, 15) is 18.0 Å². The van der Waals surface area contributed by atoms with Gasteiger partial charge in [-0.05, 0) is 36.4 Å². The lowest BCUT2D eigenvalue weighted by Gasteiger charge is -2.09. The van der Waals surface area contributed by atoms with Crippen LogP contribution in [0.15, 0.2) is 54.7 Å². The van der Waals surface area contributed by atoms with Crippen molar-refractivity contribution in [1.29, 1.82) is 0 Å². The predicted molar refractivity (Wildman–Crippen MR) is 94.8 cm³/mol. The van der Waals surface area contributed by atoms with Crippen LogP contribution < -0.4 is 15.4 Å². The first kappa shape index (κ1) is 18.2. The molecule has 138 valence electrons. The van der Waals surface area contributed by atoms with E-state index in [4.69, 9.17) is 4.74 Å². The number of methoxy groups -OCH3 is 1. The van der Waals surface area contributed by atoms with Crippen LogP contribution in [0.2, 0.25) is 0 Å². The van der Waals surface area contributed by atoms with Gasteiger partial charge >= 0.3 is 0 Å². The van der Waals surface area contributed by atoms with Crippen molar-refractivity contribution in [2.75, 3.05) is 17.7 Å². The summed E-state index contributed by atoms with van der Waals surface area (Å²) >= 11 is 0. The Morgan fingerprint density at radius 3 is 2.52 bits per heavy atom. The van der Waals surface area contributed by atoms with Crippen LogP contribution >= 0.6 is 0 Å². The first-order valence-electron chi connectivity index (χ1n) is 7.80. The molecule has 8 heteroatoms. The molecule has 1 aromatic heterocycles. The van der Waals surface area contributed by atoms with Crippen LogP contribution in [0.3, 0.4) is 0 Å². The van der Waals surface area contributed by atoms with Gasteiger partial charge in [0.05, 0.1) is 24.7 Å². The van der Waals surface area contributed by atoms with Gasteiger partial charge in [-0.3, -0.25) is 4.79 Å². The maximum atomic E-state index is 13.6. The zero-order chi connectivity index (χ0) is 19.4. The fourth-order valence-corrected chi connectivity index (χ4v) is 2.28. The summed E-state index contributed by atoms with van der Waals surface area (Å²) in [7, 11) is 1.56. The van der Waals surface area contributed by atoms with E-state index in [1.54, 1.807) is 25.3 Å². The number of aromatic nitrogens is 1. The molecule has 0 aliphatic rings. The van der Waals surface area contributed by atoms with Gasteiger partial charge in [0.25, 0.3) is 5.91 Å². The summed E-state index contributed by atoms with van der Waals surface area (Å²) in [6.45, 7) is 0. The Hall–Kier alpha value is -3.55. The third-order valence-electron chi connectivity index (χ3n) is 3.64. The smallest absolute Gasteiger partial charge is 0.274 e. The molecule has 0 fully saturated rings. The van der Waals surface area contributed by atoms with E-state index in [0.29, 0.717) is 11.4 Å². The number of benzene rings is 2. The number of halogens is 3. The molecule has 0 spiro atoms. The standard InChI is InChI=1S/C19H14F3N3O2/c1-27-13-4-2-3-11(9-13)24-12-5-7-16(23-10-12)19(26)25-15-8-6-14(20)17(21)18(15)22/h2-10,24H,1H3,(H,25,26). The van der Waals surface area contributed by atoms with E-state index >= 15 is 0 Å². The van der Waals surface area contributed by atoms with Crippen LogP contribution in [-0.2, 0) is 0 Å². The minimum absolute atomic E-state index is 0.0182. The Labute approximate surface area is 152 Å². The van der Waals surface area contributed by atoms with Crippen molar-refractivity contribution < 1.29 is 22.7 Å². The zero-order valence-corrected chi connectivity index (χ0v) is 14.1. The largest absolute Gasteiger partial charge is 0.497 e. The number of rotatable bonds is 5. The summed E-state index contributed by atoms with van der Waals surface area (Å²) in [4.78, 5) is 16.1. The van der Waals surface area contributed by atoms with Crippen molar-refractivity contribution in [3.05, 3.63) is 77.9 Å². The lowest BCUT2D eigenvalue weighted by molar-refractivity contribution is 0.102. The van der Waals surface area contributed by atoms with Crippen LogP contribution in [0.25, 0.3) is 0 Å². The molecule has 1 heterocycles. The van der Waals surface area contributed by atoms with Crippen molar-refractivity contribution in [2.24, 2.45) is 0 Å². The summed E-state index contributed by atoms with van der Waals surface area (Å²) in [6.07, 6.45) is 1.41. The molecule has 2 aromatic carbocycles. The quantitative estimate of drug-likeness (QED) is 0.647.